The van der Waals surface area contributed by atoms with Gasteiger partial charge in [0, 0.05) is 43.4 Å². The molecule has 0 N–H and O–H groups in total. The number of ketones is 3. The number of carbonyl (C=O) groups is 4. The van der Waals surface area contributed by atoms with Crippen molar-refractivity contribution in [2.24, 2.45) is 46.3 Å². The minimum Gasteiger partial charge on any atom is -0.743 e. The average molecular weight is 610 g/mol. The Hall–Kier alpha value is -1.89. The van der Waals surface area contributed by atoms with E-state index >= 15 is 0 Å². The van der Waals surface area contributed by atoms with Gasteiger partial charge in [0.15, 0.2) is 10.1 Å². The number of esters is 1. The summed E-state index contributed by atoms with van der Waals surface area (Å²) >= 11 is 0. The first-order chi connectivity index (χ1) is 18.8. The van der Waals surface area contributed by atoms with Crippen molar-refractivity contribution >= 4 is 33.4 Å². The number of Topliss-reactive ketones (excluding diaryl/α,β-unsaturated/α-hetero) is 3. The van der Waals surface area contributed by atoms with Crippen LogP contribution in [-0.4, -0.2) is 54.1 Å². The zero-order valence-corrected chi connectivity index (χ0v) is 24.2. The van der Waals surface area contributed by atoms with Crippen LogP contribution in [0.15, 0.2) is 0 Å². The summed E-state index contributed by atoms with van der Waals surface area (Å²) in [4.78, 5) is 51.6. The minimum atomic E-state index is -6.62. The summed E-state index contributed by atoms with van der Waals surface area (Å²) in [6, 6.07) is 0. The van der Waals surface area contributed by atoms with Crippen LogP contribution in [-0.2, 0) is 34.0 Å². The highest BCUT2D eigenvalue weighted by Crippen LogP contribution is 2.66. The second-order valence-corrected chi connectivity index (χ2v) is 14.5. The third kappa shape index (κ3) is 5.27. The molecule has 4 aliphatic carbocycles. The standard InChI is InChI=1S/C28H38F4O8S/c1-15(4-7-23(36)40-11-10-27(29,30)28(31,32)41(37,38)39)18-5-6-19-24-20(14-22(35)26(18,19)3)25(2)9-8-17(33)12-16(25)13-21(24)34/h15-16,18-20,24H,4-14H2,1-3H3,(H,37,38,39)/p-1/t15-,16?,18-,19-,20-,24+,25+,26-/m1/s1. The van der Waals surface area contributed by atoms with Gasteiger partial charge >= 0.3 is 17.1 Å². The average Bonchev–Trinajstić information content (AvgIpc) is 3.22. The third-order valence-electron chi connectivity index (χ3n) is 11.1. The number of hydrogen-bond acceptors (Lipinski definition) is 8. The molecule has 4 aliphatic rings. The molecule has 4 fully saturated rings. The molecule has 0 bridgehead atoms. The fraction of sp³-hybridized carbons (Fsp3) is 0.857. The van der Waals surface area contributed by atoms with E-state index in [4.69, 9.17) is 0 Å². The summed E-state index contributed by atoms with van der Waals surface area (Å²) in [5.74, 6) is -6.63. The van der Waals surface area contributed by atoms with Crippen LogP contribution in [0.5, 0.6) is 0 Å². The lowest BCUT2D eigenvalue weighted by Crippen LogP contribution is -2.60. The number of alkyl halides is 4. The lowest BCUT2D eigenvalue weighted by Gasteiger charge is -2.58. The molecule has 0 spiro atoms. The quantitative estimate of drug-likeness (QED) is 0.209. The van der Waals surface area contributed by atoms with E-state index in [1.807, 2.05) is 13.8 Å². The van der Waals surface area contributed by atoms with Gasteiger partial charge in [-0.15, -0.1) is 0 Å². The van der Waals surface area contributed by atoms with E-state index in [1.165, 1.54) is 0 Å². The monoisotopic (exact) mass is 609 g/mol. The zero-order chi connectivity index (χ0) is 30.8. The minimum absolute atomic E-state index is 0.0346. The lowest BCUT2D eigenvalue weighted by atomic mass is 9.44. The van der Waals surface area contributed by atoms with E-state index < -0.39 is 45.7 Å². The fourth-order valence-corrected chi connectivity index (χ4v) is 9.10. The second kappa shape index (κ2) is 10.7. The SMILES string of the molecule is C[C@H](CCC(=O)OCCC(F)(F)C(F)(F)S(=O)(=O)[O-])[C@H]1CC[C@@H]2[C@@H]3C(=O)CC4CC(=O)CC[C@]4(C)[C@@H]3CC(=O)[C@@]21C. The van der Waals surface area contributed by atoms with Crippen molar-refractivity contribution in [1.82, 2.24) is 0 Å². The molecule has 4 saturated carbocycles. The van der Waals surface area contributed by atoms with E-state index in [0.29, 0.717) is 38.5 Å². The molecule has 0 aromatic heterocycles. The number of hydrogen-bond donors (Lipinski definition) is 0. The molecule has 8 nitrogen and oxygen atoms in total. The predicted molar refractivity (Wildman–Crippen MR) is 135 cm³/mol. The largest absolute Gasteiger partial charge is 0.743 e. The molecule has 4 rings (SSSR count). The van der Waals surface area contributed by atoms with Crippen molar-refractivity contribution in [1.29, 1.82) is 0 Å². The van der Waals surface area contributed by atoms with Gasteiger partial charge in [0.25, 0.3) is 0 Å². The van der Waals surface area contributed by atoms with E-state index in [2.05, 4.69) is 11.7 Å². The van der Waals surface area contributed by atoms with E-state index in [-0.39, 0.29) is 77.5 Å². The first-order valence-electron chi connectivity index (χ1n) is 14.2. The van der Waals surface area contributed by atoms with Crippen molar-refractivity contribution in [2.45, 2.75) is 96.2 Å². The topological polar surface area (TPSA) is 135 Å². The molecule has 0 aromatic carbocycles. The highest BCUT2D eigenvalue weighted by molar-refractivity contribution is 7.86. The van der Waals surface area contributed by atoms with Gasteiger partial charge in [-0.2, -0.15) is 17.6 Å². The Kier molecular flexibility index (Phi) is 8.34. The number of carbonyl (C=O) groups excluding carboxylic acids is 4. The van der Waals surface area contributed by atoms with Crippen LogP contribution < -0.4 is 0 Å². The summed E-state index contributed by atoms with van der Waals surface area (Å²) in [6.45, 7) is 4.69. The Morgan fingerprint density at radius 3 is 2.37 bits per heavy atom. The first-order valence-corrected chi connectivity index (χ1v) is 15.6. The van der Waals surface area contributed by atoms with Gasteiger partial charge < -0.3 is 9.29 Å². The summed E-state index contributed by atoms with van der Waals surface area (Å²) < 4.78 is 89.8. The summed E-state index contributed by atoms with van der Waals surface area (Å²) in [6.07, 6.45) is 1.64. The number of halogens is 4. The second-order valence-electron chi connectivity index (χ2n) is 13.1. The van der Waals surface area contributed by atoms with Crippen molar-refractivity contribution in [3.05, 3.63) is 0 Å². The molecule has 0 aliphatic heterocycles. The van der Waals surface area contributed by atoms with Crippen LogP contribution in [0.1, 0.15) is 85.0 Å². The van der Waals surface area contributed by atoms with E-state index in [0.717, 1.165) is 0 Å². The Labute approximate surface area is 237 Å². The number of fused-ring (bicyclic) bond motifs is 5. The normalized spacial score (nSPS) is 36.8. The smallest absolute Gasteiger partial charge is 0.396 e. The van der Waals surface area contributed by atoms with Crippen molar-refractivity contribution in [2.75, 3.05) is 6.61 Å². The number of ether oxygens (including phenoxy) is 1. The molecular formula is C28H37F4O8S-. The summed E-state index contributed by atoms with van der Waals surface area (Å²) in [5, 5.41) is -5.84. The molecule has 0 amide bonds. The highest BCUT2D eigenvalue weighted by Gasteiger charge is 2.66. The van der Waals surface area contributed by atoms with Gasteiger partial charge in [-0.05, 0) is 60.7 Å². The van der Waals surface area contributed by atoms with Crippen LogP contribution >= 0.6 is 0 Å². The number of rotatable bonds is 9. The molecule has 0 heterocycles. The first kappa shape index (κ1) is 32.0. The molecule has 13 heteroatoms. The molecule has 8 atom stereocenters. The van der Waals surface area contributed by atoms with Crippen LogP contribution in [0, 0.1) is 46.3 Å². The van der Waals surface area contributed by atoms with Gasteiger partial charge in [0.05, 0.1) is 13.0 Å². The van der Waals surface area contributed by atoms with Crippen molar-refractivity contribution in [3.63, 3.8) is 0 Å². The maximum absolute atomic E-state index is 13.8. The summed E-state index contributed by atoms with van der Waals surface area (Å²) in [7, 11) is -6.62. The Bertz CT molecular complexity index is 1220. The molecular weight excluding hydrogens is 572 g/mol. The van der Waals surface area contributed by atoms with E-state index in [9.17, 15) is 49.7 Å². The molecule has 0 radical (unpaired) electrons. The van der Waals surface area contributed by atoms with Crippen LogP contribution in [0.25, 0.3) is 0 Å². The Balaban J connectivity index is 1.37. The van der Waals surface area contributed by atoms with Gasteiger partial charge in [0.1, 0.15) is 17.3 Å². The highest BCUT2D eigenvalue weighted by atomic mass is 32.2. The van der Waals surface area contributed by atoms with Crippen molar-refractivity contribution in [3.8, 4) is 0 Å². The predicted octanol–water partition coefficient (Wildman–Crippen LogP) is 4.70. The molecule has 0 aromatic rings. The Morgan fingerprint density at radius 2 is 1.73 bits per heavy atom. The third-order valence-corrected chi connectivity index (χ3v) is 12.1. The van der Waals surface area contributed by atoms with Crippen molar-refractivity contribution < 1.29 is 54.4 Å². The van der Waals surface area contributed by atoms with Gasteiger partial charge in [-0.25, -0.2) is 8.42 Å². The molecule has 41 heavy (non-hydrogen) atoms. The zero-order valence-electron chi connectivity index (χ0n) is 23.4. The lowest BCUT2D eigenvalue weighted by molar-refractivity contribution is -0.175. The van der Waals surface area contributed by atoms with E-state index in [1.54, 1.807) is 0 Å². The van der Waals surface area contributed by atoms with Gasteiger partial charge in [0.2, 0.25) is 0 Å². The summed E-state index contributed by atoms with van der Waals surface area (Å²) in [5.41, 5.74) is -1.01. The fourth-order valence-electron chi connectivity index (χ4n) is 8.63. The maximum atomic E-state index is 13.8. The van der Waals surface area contributed by atoms with Crippen LogP contribution in [0.4, 0.5) is 17.6 Å². The van der Waals surface area contributed by atoms with Crippen LogP contribution in [0.2, 0.25) is 0 Å². The van der Waals surface area contributed by atoms with Gasteiger partial charge in [-0.3, -0.25) is 19.2 Å². The maximum Gasteiger partial charge on any atom is 0.396 e. The molecule has 232 valence electrons. The Morgan fingerprint density at radius 1 is 1.07 bits per heavy atom. The van der Waals surface area contributed by atoms with Gasteiger partial charge in [-0.1, -0.05) is 20.8 Å². The molecule has 1 unspecified atom stereocenters. The molecule has 0 saturated heterocycles. The van der Waals surface area contributed by atoms with Crippen LogP contribution in [0.3, 0.4) is 0 Å².